The van der Waals surface area contributed by atoms with Gasteiger partial charge in [0.05, 0.1) is 21.6 Å². The summed E-state index contributed by atoms with van der Waals surface area (Å²) in [6.07, 6.45) is 0. The summed E-state index contributed by atoms with van der Waals surface area (Å²) < 4.78 is 27.5. The first-order chi connectivity index (χ1) is 11.3. The molecule has 1 aromatic heterocycles. The van der Waals surface area contributed by atoms with E-state index in [1.807, 2.05) is 0 Å². The molecular formula is C16H15N3O4S. The number of hydrogen-bond donors (Lipinski definition) is 3. The highest BCUT2D eigenvalue weighted by Crippen LogP contribution is 2.23. The van der Waals surface area contributed by atoms with E-state index >= 15 is 0 Å². The highest BCUT2D eigenvalue weighted by atomic mass is 32.2. The molecule has 0 fully saturated rings. The number of carbonyl (C=O) groups excluding carboxylic acids is 1. The Morgan fingerprint density at radius 1 is 1.04 bits per heavy atom. The zero-order chi connectivity index (χ0) is 17.5. The molecule has 0 radical (unpaired) electrons. The number of Topliss-reactive ketones (excluding diaryl/α,β-unsaturated/α-hetero) is 1. The van der Waals surface area contributed by atoms with E-state index in [1.54, 1.807) is 19.1 Å². The number of ketones is 1. The number of aromatic amines is 2. The van der Waals surface area contributed by atoms with Gasteiger partial charge in [-0.15, -0.1) is 0 Å². The van der Waals surface area contributed by atoms with Gasteiger partial charge in [-0.25, -0.2) is 13.2 Å². The Kier molecular flexibility index (Phi) is 3.76. The Labute approximate surface area is 137 Å². The van der Waals surface area contributed by atoms with E-state index in [-0.39, 0.29) is 16.4 Å². The predicted octanol–water partition coefficient (Wildman–Crippen LogP) is 2.17. The molecule has 24 heavy (non-hydrogen) atoms. The fourth-order valence-electron chi connectivity index (χ4n) is 2.37. The van der Waals surface area contributed by atoms with E-state index in [1.165, 1.54) is 31.2 Å². The lowest BCUT2D eigenvalue weighted by atomic mass is 10.2. The first-order valence-corrected chi connectivity index (χ1v) is 8.61. The Morgan fingerprint density at radius 2 is 1.62 bits per heavy atom. The number of benzene rings is 2. The standard InChI is InChI=1S/C16H15N3O4S/c1-9-7-14-15(18-16(21)17-14)8-13(9)19-24(22,23)12-5-3-11(4-6-12)10(2)20/h3-8,19H,1-2H3,(H2,17,18,21). The second kappa shape index (κ2) is 5.64. The van der Waals surface area contributed by atoms with Crippen molar-refractivity contribution >= 4 is 32.5 Å². The van der Waals surface area contributed by atoms with Crippen molar-refractivity contribution < 1.29 is 13.2 Å². The Morgan fingerprint density at radius 3 is 2.21 bits per heavy atom. The molecule has 0 aliphatic carbocycles. The van der Waals surface area contributed by atoms with Gasteiger partial charge in [0.1, 0.15) is 0 Å². The average molecular weight is 345 g/mol. The van der Waals surface area contributed by atoms with Crippen molar-refractivity contribution in [2.45, 2.75) is 18.7 Å². The van der Waals surface area contributed by atoms with Crippen LogP contribution in [0.15, 0.2) is 46.1 Å². The van der Waals surface area contributed by atoms with E-state index in [9.17, 15) is 18.0 Å². The predicted molar refractivity (Wildman–Crippen MR) is 90.9 cm³/mol. The molecule has 0 saturated heterocycles. The number of aromatic nitrogens is 2. The van der Waals surface area contributed by atoms with Gasteiger partial charge in [0.15, 0.2) is 5.78 Å². The minimum absolute atomic E-state index is 0.0505. The smallest absolute Gasteiger partial charge is 0.306 e. The normalized spacial score (nSPS) is 11.6. The lowest BCUT2D eigenvalue weighted by Crippen LogP contribution is -2.14. The van der Waals surface area contributed by atoms with Crippen LogP contribution in [-0.2, 0) is 10.0 Å². The summed E-state index contributed by atoms with van der Waals surface area (Å²) in [5.74, 6) is -0.135. The van der Waals surface area contributed by atoms with Crippen LogP contribution >= 0.6 is 0 Å². The van der Waals surface area contributed by atoms with E-state index < -0.39 is 10.0 Å². The number of nitrogens with one attached hydrogen (secondary N) is 3. The molecule has 0 atom stereocenters. The third-order valence-corrected chi connectivity index (χ3v) is 5.06. The number of carbonyl (C=O) groups is 1. The largest absolute Gasteiger partial charge is 0.323 e. The Bertz CT molecular complexity index is 1090. The minimum atomic E-state index is -3.80. The molecule has 3 rings (SSSR count). The molecule has 3 aromatic rings. The maximum Gasteiger partial charge on any atom is 0.323 e. The first kappa shape index (κ1) is 16.0. The zero-order valence-electron chi connectivity index (χ0n) is 13.0. The van der Waals surface area contributed by atoms with Crippen LogP contribution in [0.3, 0.4) is 0 Å². The van der Waals surface area contributed by atoms with Crippen molar-refractivity contribution in [3.63, 3.8) is 0 Å². The quantitative estimate of drug-likeness (QED) is 0.629. The maximum atomic E-state index is 12.5. The average Bonchev–Trinajstić information content (AvgIpc) is 2.86. The molecule has 0 bridgehead atoms. The number of fused-ring (bicyclic) bond motifs is 1. The van der Waals surface area contributed by atoms with Crippen LogP contribution in [0.5, 0.6) is 0 Å². The second-order valence-electron chi connectivity index (χ2n) is 5.48. The SMILES string of the molecule is CC(=O)c1ccc(S(=O)(=O)Nc2cc3[nH]c(=O)[nH]c3cc2C)cc1. The van der Waals surface area contributed by atoms with Crippen molar-refractivity contribution in [3.05, 3.63) is 58.0 Å². The van der Waals surface area contributed by atoms with Crippen LogP contribution < -0.4 is 10.4 Å². The van der Waals surface area contributed by atoms with Crippen molar-refractivity contribution in [2.75, 3.05) is 4.72 Å². The van der Waals surface area contributed by atoms with E-state index in [4.69, 9.17) is 0 Å². The van der Waals surface area contributed by atoms with Gasteiger partial charge in [-0.2, -0.15) is 0 Å². The summed E-state index contributed by atoms with van der Waals surface area (Å²) in [6.45, 7) is 3.15. The van der Waals surface area contributed by atoms with Gasteiger partial charge in [0, 0.05) is 5.56 Å². The van der Waals surface area contributed by atoms with E-state index in [0.717, 1.165) is 0 Å². The molecule has 0 unspecified atom stereocenters. The number of H-pyrrole nitrogens is 2. The monoisotopic (exact) mass is 345 g/mol. The fourth-order valence-corrected chi connectivity index (χ4v) is 3.49. The Hall–Kier alpha value is -2.87. The molecule has 0 saturated carbocycles. The number of anilines is 1. The van der Waals surface area contributed by atoms with Crippen molar-refractivity contribution in [1.29, 1.82) is 0 Å². The number of aryl methyl sites for hydroxylation is 1. The molecule has 7 nitrogen and oxygen atoms in total. The van der Waals surface area contributed by atoms with Gasteiger partial charge < -0.3 is 9.97 Å². The van der Waals surface area contributed by atoms with Crippen LogP contribution in [0.25, 0.3) is 11.0 Å². The Balaban J connectivity index is 1.98. The van der Waals surface area contributed by atoms with E-state index in [2.05, 4.69) is 14.7 Å². The first-order valence-electron chi connectivity index (χ1n) is 7.13. The molecule has 0 aliphatic heterocycles. The molecule has 0 spiro atoms. The summed E-state index contributed by atoms with van der Waals surface area (Å²) in [7, 11) is -3.80. The molecule has 1 heterocycles. The summed E-state index contributed by atoms with van der Waals surface area (Å²) in [4.78, 5) is 27.9. The number of rotatable bonds is 4. The van der Waals surface area contributed by atoms with Gasteiger partial charge in [-0.1, -0.05) is 12.1 Å². The van der Waals surface area contributed by atoms with E-state index in [0.29, 0.717) is 27.8 Å². The third kappa shape index (κ3) is 2.95. The number of imidazole rings is 1. The number of hydrogen-bond acceptors (Lipinski definition) is 4. The molecule has 2 aromatic carbocycles. The summed E-state index contributed by atoms with van der Waals surface area (Å²) in [5.41, 5.74) is 2.23. The highest BCUT2D eigenvalue weighted by molar-refractivity contribution is 7.92. The van der Waals surface area contributed by atoms with Gasteiger partial charge in [0.25, 0.3) is 10.0 Å². The summed E-state index contributed by atoms with van der Waals surface area (Å²) in [6, 6.07) is 8.94. The van der Waals surface area contributed by atoms with Crippen LogP contribution in [-0.4, -0.2) is 24.2 Å². The third-order valence-electron chi connectivity index (χ3n) is 3.68. The summed E-state index contributed by atoms with van der Waals surface area (Å²) >= 11 is 0. The van der Waals surface area contributed by atoms with Crippen molar-refractivity contribution in [1.82, 2.24) is 9.97 Å². The molecule has 3 N–H and O–H groups in total. The molecule has 8 heteroatoms. The van der Waals surface area contributed by atoms with Crippen LogP contribution in [0.2, 0.25) is 0 Å². The highest BCUT2D eigenvalue weighted by Gasteiger charge is 2.16. The zero-order valence-corrected chi connectivity index (χ0v) is 13.8. The molecular weight excluding hydrogens is 330 g/mol. The van der Waals surface area contributed by atoms with Crippen molar-refractivity contribution in [3.8, 4) is 0 Å². The summed E-state index contributed by atoms with van der Waals surface area (Å²) in [5, 5.41) is 0. The molecule has 0 amide bonds. The van der Waals surface area contributed by atoms with Gasteiger partial charge in [-0.3, -0.25) is 9.52 Å². The molecule has 124 valence electrons. The maximum absolute atomic E-state index is 12.5. The molecule has 0 aliphatic rings. The lowest BCUT2D eigenvalue weighted by Gasteiger charge is -2.11. The van der Waals surface area contributed by atoms with Gasteiger partial charge in [0.2, 0.25) is 0 Å². The van der Waals surface area contributed by atoms with Gasteiger partial charge in [-0.05, 0) is 43.7 Å². The van der Waals surface area contributed by atoms with Crippen molar-refractivity contribution in [2.24, 2.45) is 0 Å². The topological polar surface area (TPSA) is 112 Å². The van der Waals surface area contributed by atoms with Crippen LogP contribution in [0.4, 0.5) is 5.69 Å². The minimum Gasteiger partial charge on any atom is -0.306 e. The second-order valence-corrected chi connectivity index (χ2v) is 7.16. The lowest BCUT2D eigenvalue weighted by molar-refractivity contribution is 0.101. The fraction of sp³-hybridized carbons (Fsp3) is 0.125. The van der Waals surface area contributed by atoms with Crippen LogP contribution in [0.1, 0.15) is 22.8 Å². The van der Waals surface area contributed by atoms with Gasteiger partial charge >= 0.3 is 5.69 Å². The van der Waals surface area contributed by atoms with Crippen LogP contribution in [0, 0.1) is 6.92 Å². The number of sulfonamides is 1.